The van der Waals surface area contributed by atoms with E-state index in [0.717, 1.165) is 25.9 Å². The molecule has 0 aromatic rings. The Morgan fingerprint density at radius 1 is 1.17 bits per heavy atom. The van der Waals surface area contributed by atoms with Gasteiger partial charge in [0.05, 0.1) is 6.10 Å². The monoisotopic (exact) mass is 173 g/mol. The average Bonchev–Trinajstić information content (AvgIpc) is 2.06. The summed E-state index contributed by atoms with van der Waals surface area (Å²) in [4.78, 5) is 2.37. The second-order valence-corrected chi connectivity index (χ2v) is 3.37. The third kappa shape index (κ3) is 4.07. The molecule has 0 bridgehead atoms. The predicted molar refractivity (Wildman–Crippen MR) is 53.3 cm³/mol. The van der Waals surface area contributed by atoms with Crippen LogP contribution in [0.5, 0.6) is 0 Å². The molecule has 12 heavy (non-hydrogen) atoms. The van der Waals surface area contributed by atoms with E-state index < -0.39 is 0 Å². The van der Waals surface area contributed by atoms with Gasteiger partial charge in [-0.15, -0.1) is 0 Å². The van der Waals surface area contributed by atoms with E-state index in [-0.39, 0.29) is 6.10 Å². The summed E-state index contributed by atoms with van der Waals surface area (Å²) in [5, 5.41) is 9.44. The van der Waals surface area contributed by atoms with Crippen molar-refractivity contribution in [3.63, 3.8) is 0 Å². The zero-order valence-electron chi connectivity index (χ0n) is 8.88. The molecule has 0 spiro atoms. The van der Waals surface area contributed by atoms with Gasteiger partial charge in [-0.05, 0) is 32.9 Å². The molecule has 0 radical (unpaired) electrons. The Labute approximate surface area is 76.6 Å². The quantitative estimate of drug-likeness (QED) is 0.663. The minimum absolute atomic E-state index is 0.124. The van der Waals surface area contributed by atoms with Gasteiger partial charge in [0.15, 0.2) is 0 Å². The fraction of sp³-hybridized carbons (Fsp3) is 1.00. The Morgan fingerprint density at radius 3 is 2.00 bits per heavy atom. The summed E-state index contributed by atoms with van der Waals surface area (Å²) in [6.07, 6.45) is 1.64. The van der Waals surface area contributed by atoms with Crippen LogP contribution >= 0.6 is 0 Å². The van der Waals surface area contributed by atoms with E-state index in [2.05, 4.69) is 25.7 Å². The largest absolute Gasteiger partial charge is 0.393 e. The van der Waals surface area contributed by atoms with Gasteiger partial charge < -0.3 is 10.0 Å². The van der Waals surface area contributed by atoms with Gasteiger partial charge >= 0.3 is 0 Å². The maximum absolute atomic E-state index is 9.44. The molecule has 0 rings (SSSR count). The van der Waals surface area contributed by atoms with Gasteiger partial charge in [0, 0.05) is 6.04 Å². The predicted octanol–water partition coefficient (Wildman–Crippen LogP) is 1.88. The number of nitrogens with zero attached hydrogens (tertiary/aromatic N) is 1. The molecule has 0 aromatic heterocycles. The Morgan fingerprint density at radius 2 is 1.67 bits per heavy atom. The maximum Gasteiger partial charge on any atom is 0.0552 e. The molecule has 74 valence electrons. The molecule has 2 atom stereocenters. The first-order valence-corrected chi connectivity index (χ1v) is 5.07. The van der Waals surface area contributed by atoms with Crippen molar-refractivity contribution in [1.29, 1.82) is 0 Å². The lowest BCUT2D eigenvalue weighted by Gasteiger charge is -2.27. The first-order valence-electron chi connectivity index (χ1n) is 5.07. The van der Waals surface area contributed by atoms with Crippen molar-refractivity contribution in [3.8, 4) is 0 Å². The zero-order chi connectivity index (χ0) is 9.56. The zero-order valence-corrected chi connectivity index (χ0v) is 8.88. The summed E-state index contributed by atoms with van der Waals surface area (Å²) in [6, 6.07) is 0.509. The van der Waals surface area contributed by atoms with Crippen LogP contribution in [-0.2, 0) is 0 Å². The smallest absolute Gasteiger partial charge is 0.0552 e. The van der Waals surface area contributed by atoms with Crippen molar-refractivity contribution in [1.82, 2.24) is 4.90 Å². The van der Waals surface area contributed by atoms with Gasteiger partial charge in [-0.1, -0.05) is 20.8 Å². The normalized spacial score (nSPS) is 16.5. The number of aliphatic hydroxyl groups is 1. The standard InChI is InChI=1S/C10H23NO/c1-5-10(12)8-9(4)11(6-2)7-3/h9-10,12H,5-8H2,1-4H3. The summed E-state index contributed by atoms with van der Waals surface area (Å²) in [7, 11) is 0. The van der Waals surface area contributed by atoms with Crippen LogP contribution in [0, 0.1) is 0 Å². The SMILES string of the molecule is CCC(O)CC(C)N(CC)CC. The van der Waals surface area contributed by atoms with Crippen LogP contribution in [0.3, 0.4) is 0 Å². The van der Waals surface area contributed by atoms with Crippen LogP contribution in [0.25, 0.3) is 0 Å². The van der Waals surface area contributed by atoms with Crippen molar-refractivity contribution in [2.24, 2.45) is 0 Å². The average molecular weight is 173 g/mol. The fourth-order valence-corrected chi connectivity index (χ4v) is 1.56. The molecule has 0 aliphatic carbocycles. The molecule has 0 aromatic carbocycles. The van der Waals surface area contributed by atoms with Gasteiger partial charge in [0.2, 0.25) is 0 Å². The molecule has 0 fully saturated rings. The van der Waals surface area contributed by atoms with E-state index in [1.54, 1.807) is 0 Å². The van der Waals surface area contributed by atoms with Crippen molar-refractivity contribution in [2.75, 3.05) is 13.1 Å². The minimum Gasteiger partial charge on any atom is -0.393 e. The van der Waals surface area contributed by atoms with Crippen LogP contribution in [0.1, 0.15) is 40.5 Å². The van der Waals surface area contributed by atoms with Crippen LogP contribution < -0.4 is 0 Å². The summed E-state index contributed by atoms with van der Waals surface area (Å²) in [5.41, 5.74) is 0. The second kappa shape index (κ2) is 6.44. The third-order valence-corrected chi connectivity index (χ3v) is 2.52. The van der Waals surface area contributed by atoms with Crippen LogP contribution in [0.4, 0.5) is 0 Å². The van der Waals surface area contributed by atoms with Crippen LogP contribution in [0.15, 0.2) is 0 Å². The lowest BCUT2D eigenvalue weighted by atomic mass is 10.1. The third-order valence-electron chi connectivity index (χ3n) is 2.52. The van der Waals surface area contributed by atoms with Crippen molar-refractivity contribution in [2.45, 2.75) is 52.7 Å². The number of hydrogen-bond acceptors (Lipinski definition) is 2. The Hall–Kier alpha value is -0.0800. The van der Waals surface area contributed by atoms with Crippen molar-refractivity contribution >= 4 is 0 Å². The molecule has 0 aliphatic heterocycles. The molecular formula is C10H23NO. The Kier molecular flexibility index (Phi) is 6.39. The molecule has 0 heterocycles. The first-order chi connectivity index (χ1) is 5.65. The van der Waals surface area contributed by atoms with Gasteiger partial charge in [0.25, 0.3) is 0 Å². The number of hydrogen-bond donors (Lipinski definition) is 1. The highest BCUT2D eigenvalue weighted by molar-refractivity contribution is 4.68. The van der Waals surface area contributed by atoms with E-state index in [4.69, 9.17) is 0 Å². The van der Waals surface area contributed by atoms with Crippen LogP contribution in [0.2, 0.25) is 0 Å². The van der Waals surface area contributed by atoms with E-state index >= 15 is 0 Å². The highest BCUT2D eigenvalue weighted by atomic mass is 16.3. The second-order valence-electron chi connectivity index (χ2n) is 3.37. The van der Waals surface area contributed by atoms with Gasteiger partial charge in [-0.3, -0.25) is 0 Å². The molecule has 0 saturated carbocycles. The van der Waals surface area contributed by atoms with E-state index in [9.17, 15) is 5.11 Å². The number of rotatable bonds is 6. The molecular weight excluding hydrogens is 150 g/mol. The Balaban J connectivity index is 3.75. The highest BCUT2D eigenvalue weighted by Crippen LogP contribution is 2.08. The van der Waals surface area contributed by atoms with Crippen LogP contribution in [-0.4, -0.2) is 35.2 Å². The topological polar surface area (TPSA) is 23.5 Å². The molecule has 0 amide bonds. The fourth-order valence-electron chi connectivity index (χ4n) is 1.56. The Bertz CT molecular complexity index is 102. The molecule has 2 heteroatoms. The van der Waals surface area contributed by atoms with Gasteiger partial charge in [-0.2, -0.15) is 0 Å². The van der Waals surface area contributed by atoms with E-state index in [1.807, 2.05) is 6.92 Å². The maximum atomic E-state index is 9.44. The van der Waals surface area contributed by atoms with Gasteiger partial charge in [-0.25, -0.2) is 0 Å². The lowest BCUT2D eigenvalue weighted by molar-refractivity contribution is 0.110. The first kappa shape index (κ1) is 11.9. The van der Waals surface area contributed by atoms with E-state index in [1.165, 1.54) is 0 Å². The summed E-state index contributed by atoms with van der Waals surface area (Å²) < 4.78 is 0. The summed E-state index contributed by atoms with van der Waals surface area (Å²) in [5.74, 6) is 0. The van der Waals surface area contributed by atoms with E-state index in [0.29, 0.717) is 6.04 Å². The molecule has 2 nitrogen and oxygen atoms in total. The summed E-state index contributed by atoms with van der Waals surface area (Å²) >= 11 is 0. The molecule has 2 unspecified atom stereocenters. The highest BCUT2D eigenvalue weighted by Gasteiger charge is 2.13. The van der Waals surface area contributed by atoms with Crippen molar-refractivity contribution in [3.05, 3.63) is 0 Å². The number of aliphatic hydroxyl groups excluding tert-OH is 1. The van der Waals surface area contributed by atoms with Gasteiger partial charge in [0.1, 0.15) is 0 Å². The van der Waals surface area contributed by atoms with Crippen molar-refractivity contribution < 1.29 is 5.11 Å². The molecule has 1 N–H and O–H groups in total. The summed E-state index contributed by atoms with van der Waals surface area (Å²) in [6.45, 7) is 10.7. The lowest BCUT2D eigenvalue weighted by Crippen LogP contribution is -2.35. The molecule has 0 aliphatic rings. The molecule has 0 saturated heterocycles. The minimum atomic E-state index is -0.124.